The van der Waals surface area contributed by atoms with E-state index in [1.807, 2.05) is 13.8 Å². The number of alkyl halides is 3. The first-order valence-corrected chi connectivity index (χ1v) is 4.78. The molecule has 0 rings (SSSR count). The maximum absolute atomic E-state index is 11.7. The summed E-state index contributed by atoms with van der Waals surface area (Å²) >= 11 is 0. The van der Waals surface area contributed by atoms with Crippen LogP contribution in [0.3, 0.4) is 0 Å². The number of hydrogen-bond donors (Lipinski definition) is 0. The highest BCUT2D eigenvalue weighted by molar-refractivity contribution is 5.67. The van der Waals surface area contributed by atoms with Crippen molar-refractivity contribution in [2.24, 2.45) is 0 Å². The molecule has 0 unspecified atom stereocenters. The number of rotatable bonds is 4. The molecule has 0 heterocycles. The quantitative estimate of drug-likeness (QED) is 0.739. The van der Waals surface area contributed by atoms with Gasteiger partial charge in [-0.25, -0.2) is 4.79 Å². The molecule has 0 fully saturated rings. The number of amides is 1. The van der Waals surface area contributed by atoms with Crippen molar-refractivity contribution in [3.8, 4) is 0 Å². The van der Waals surface area contributed by atoms with Crippen molar-refractivity contribution in [2.45, 2.75) is 38.9 Å². The molecular weight excluding hydrogens is 211 g/mol. The van der Waals surface area contributed by atoms with Gasteiger partial charge in [0.15, 0.2) is 6.61 Å². The monoisotopic (exact) mass is 227 g/mol. The van der Waals surface area contributed by atoms with Crippen molar-refractivity contribution in [3.05, 3.63) is 0 Å². The van der Waals surface area contributed by atoms with Crippen molar-refractivity contribution in [3.63, 3.8) is 0 Å². The molecular formula is C9H16F3NO2. The molecule has 0 saturated carbocycles. The highest BCUT2D eigenvalue weighted by Gasteiger charge is 2.30. The molecule has 0 aliphatic carbocycles. The largest absolute Gasteiger partial charge is 0.440 e. The third kappa shape index (κ3) is 5.49. The van der Waals surface area contributed by atoms with Crippen molar-refractivity contribution in [1.29, 1.82) is 0 Å². The van der Waals surface area contributed by atoms with E-state index in [0.717, 1.165) is 0 Å². The van der Waals surface area contributed by atoms with Gasteiger partial charge in [0.1, 0.15) is 0 Å². The van der Waals surface area contributed by atoms with E-state index < -0.39 is 18.9 Å². The Morgan fingerprint density at radius 1 is 1.33 bits per heavy atom. The zero-order valence-corrected chi connectivity index (χ0v) is 9.10. The molecule has 0 radical (unpaired) electrons. The number of halogens is 3. The molecule has 15 heavy (non-hydrogen) atoms. The maximum atomic E-state index is 11.7. The van der Waals surface area contributed by atoms with Gasteiger partial charge in [-0.1, -0.05) is 13.8 Å². The first-order valence-electron chi connectivity index (χ1n) is 4.78. The SMILES string of the molecule is CCC(CC)N(C)C(=O)OCC(F)(F)F. The van der Waals surface area contributed by atoms with Crippen LogP contribution in [-0.4, -0.2) is 36.9 Å². The Bertz CT molecular complexity index is 202. The van der Waals surface area contributed by atoms with E-state index in [-0.39, 0.29) is 6.04 Å². The summed E-state index contributed by atoms with van der Waals surface area (Å²) in [6.07, 6.45) is -4.02. The maximum Gasteiger partial charge on any atom is 0.422 e. The van der Waals surface area contributed by atoms with Crippen LogP contribution in [-0.2, 0) is 4.74 Å². The van der Waals surface area contributed by atoms with Gasteiger partial charge in [-0.05, 0) is 12.8 Å². The summed E-state index contributed by atoms with van der Waals surface area (Å²) in [5, 5.41) is 0. The predicted octanol–water partition coefficient (Wildman–Crippen LogP) is 2.81. The van der Waals surface area contributed by atoms with E-state index in [4.69, 9.17) is 0 Å². The second-order valence-electron chi connectivity index (χ2n) is 3.25. The predicted molar refractivity (Wildman–Crippen MR) is 49.5 cm³/mol. The van der Waals surface area contributed by atoms with Crippen LogP contribution in [0.4, 0.5) is 18.0 Å². The Labute approximate surface area is 87.2 Å². The van der Waals surface area contributed by atoms with Crippen molar-refractivity contribution < 1.29 is 22.7 Å². The zero-order valence-electron chi connectivity index (χ0n) is 9.10. The van der Waals surface area contributed by atoms with Crippen molar-refractivity contribution in [1.82, 2.24) is 4.90 Å². The number of ether oxygens (including phenoxy) is 1. The highest BCUT2D eigenvalue weighted by atomic mass is 19.4. The molecule has 1 amide bonds. The Morgan fingerprint density at radius 3 is 2.13 bits per heavy atom. The lowest BCUT2D eigenvalue weighted by molar-refractivity contribution is -0.162. The Hall–Kier alpha value is -0.940. The molecule has 3 nitrogen and oxygen atoms in total. The van der Waals surface area contributed by atoms with Gasteiger partial charge in [0.25, 0.3) is 0 Å². The highest BCUT2D eigenvalue weighted by Crippen LogP contribution is 2.16. The Balaban J connectivity index is 4.09. The summed E-state index contributed by atoms with van der Waals surface area (Å²) in [6.45, 7) is 2.19. The average molecular weight is 227 g/mol. The lowest BCUT2D eigenvalue weighted by Gasteiger charge is -2.25. The summed E-state index contributed by atoms with van der Waals surface area (Å²) in [4.78, 5) is 12.4. The van der Waals surface area contributed by atoms with Crippen LogP contribution in [0, 0.1) is 0 Å². The number of hydrogen-bond acceptors (Lipinski definition) is 2. The van der Waals surface area contributed by atoms with Crippen LogP contribution in [0.25, 0.3) is 0 Å². The smallest absolute Gasteiger partial charge is 0.422 e. The standard InChI is InChI=1S/C9H16F3NO2/c1-4-7(5-2)13(3)8(14)15-6-9(10,11)12/h7H,4-6H2,1-3H3. The van der Waals surface area contributed by atoms with Gasteiger partial charge in [-0.2, -0.15) is 13.2 Å². The van der Waals surface area contributed by atoms with Crippen LogP contribution in [0.2, 0.25) is 0 Å². The minimum Gasteiger partial charge on any atom is -0.440 e. The molecule has 0 aliphatic rings. The van der Waals surface area contributed by atoms with Gasteiger partial charge in [0.2, 0.25) is 0 Å². The van der Waals surface area contributed by atoms with Crippen LogP contribution >= 0.6 is 0 Å². The lowest BCUT2D eigenvalue weighted by Crippen LogP contribution is -2.38. The molecule has 0 aromatic heterocycles. The minimum atomic E-state index is -4.47. The third-order valence-electron chi connectivity index (χ3n) is 2.14. The molecule has 0 bridgehead atoms. The minimum absolute atomic E-state index is 0.0780. The van der Waals surface area contributed by atoms with Gasteiger partial charge in [-0.3, -0.25) is 0 Å². The van der Waals surface area contributed by atoms with E-state index in [1.165, 1.54) is 11.9 Å². The van der Waals surface area contributed by atoms with E-state index in [1.54, 1.807) is 0 Å². The van der Waals surface area contributed by atoms with Crippen molar-refractivity contribution >= 4 is 6.09 Å². The molecule has 0 saturated heterocycles. The Morgan fingerprint density at radius 2 is 1.80 bits per heavy atom. The van der Waals surface area contributed by atoms with Crippen LogP contribution in [0.15, 0.2) is 0 Å². The summed E-state index contributed by atoms with van der Waals surface area (Å²) in [7, 11) is 1.44. The molecule has 0 atom stereocenters. The van der Waals surface area contributed by atoms with Crippen LogP contribution < -0.4 is 0 Å². The molecule has 0 aromatic carbocycles. The number of carbonyl (C=O) groups is 1. The second-order valence-corrected chi connectivity index (χ2v) is 3.25. The third-order valence-corrected chi connectivity index (χ3v) is 2.14. The van der Waals surface area contributed by atoms with E-state index in [2.05, 4.69) is 4.74 Å². The van der Waals surface area contributed by atoms with Crippen molar-refractivity contribution in [2.75, 3.05) is 13.7 Å². The normalized spacial score (nSPS) is 11.7. The van der Waals surface area contributed by atoms with Crippen LogP contribution in [0.1, 0.15) is 26.7 Å². The fourth-order valence-electron chi connectivity index (χ4n) is 1.23. The summed E-state index contributed by atoms with van der Waals surface area (Å²) in [5.74, 6) is 0. The Kier molecular flexibility index (Phi) is 5.46. The molecule has 0 aliphatic heterocycles. The first-order chi connectivity index (χ1) is 6.81. The van der Waals surface area contributed by atoms with Gasteiger partial charge in [0.05, 0.1) is 0 Å². The van der Waals surface area contributed by atoms with Gasteiger partial charge in [-0.15, -0.1) is 0 Å². The van der Waals surface area contributed by atoms with E-state index in [9.17, 15) is 18.0 Å². The summed E-state index contributed by atoms with van der Waals surface area (Å²) in [6, 6.07) is -0.0780. The topological polar surface area (TPSA) is 29.5 Å². The summed E-state index contributed by atoms with van der Waals surface area (Å²) < 4.78 is 39.4. The average Bonchev–Trinajstić information content (AvgIpc) is 2.14. The fraction of sp³-hybridized carbons (Fsp3) is 0.889. The van der Waals surface area contributed by atoms with Gasteiger partial charge >= 0.3 is 12.3 Å². The fourth-order valence-corrected chi connectivity index (χ4v) is 1.23. The van der Waals surface area contributed by atoms with Crippen LogP contribution in [0.5, 0.6) is 0 Å². The second kappa shape index (κ2) is 5.82. The first kappa shape index (κ1) is 14.1. The van der Waals surface area contributed by atoms with Gasteiger partial charge < -0.3 is 9.64 Å². The number of nitrogens with zero attached hydrogens (tertiary/aromatic N) is 1. The summed E-state index contributed by atoms with van der Waals surface area (Å²) in [5.41, 5.74) is 0. The molecule has 6 heteroatoms. The number of carbonyl (C=O) groups excluding carboxylic acids is 1. The molecule has 90 valence electrons. The van der Waals surface area contributed by atoms with E-state index >= 15 is 0 Å². The van der Waals surface area contributed by atoms with Gasteiger partial charge in [0, 0.05) is 13.1 Å². The molecule has 0 spiro atoms. The molecule has 0 aromatic rings. The van der Waals surface area contributed by atoms with E-state index in [0.29, 0.717) is 12.8 Å². The zero-order chi connectivity index (χ0) is 12.1. The lowest BCUT2D eigenvalue weighted by atomic mass is 10.1. The molecule has 0 N–H and O–H groups in total.